The van der Waals surface area contributed by atoms with E-state index in [-0.39, 0.29) is 30.7 Å². The Kier molecular flexibility index (Phi) is 9.12. The van der Waals surface area contributed by atoms with Gasteiger partial charge in [-0.15, -0.1) is 12.4 Å². The molecular weight excluding hydrogens is 281 g/mol. The van der Waals surface area contributed by atoms with Gasteiger partial charge in [0, 0.05) is 25.2 Å². The summed E-state index contributed by atoms with van der Waals surface area (Å²) in [7, 11) is 5.62. The summed E-state index contributed by atoms with van der Waals surface area (Å²) < 4.78 is 13.6. The summed E-state index contributed by atoms with van der Waals surface area (Å²) >= 11 is 0. The summed E-state index contributed by atoms with van der Waals surface area (Å²) in [6.07, 6.45) is 0. The number of carbonyl (C=O) groups excluding carboxylic acids is 1. The minimum absolute atomic E-state index is 0. The van der Waals surface area contributed by atoms with E-state index in [1.54, 1.807) is 30.1 Å². The molecule has 0 aliphatic rings. The Hall–Kier alpha value is -1.17. The van der Waals surface area contributed by atoms with Gasteiger partial charge in [0.25, 0.3) is 0 Å². The number of carbonyl (C=O) groups is 1. The van der Waals surface area contributed by atoms with Crippen LogP contribution in [0.25, 0.3) is 0 Å². The SMILES string of the molecule is CNCC(=O)N(CCN(C)C)Cc1ccccc1F.Cl. The molecule has 0 aromatic heterocycles. The lowest BCUT2D eigenvalue weighted by atomic mass is 10.2. The second kappa shape index (κ2) is 9.69. The van der Waals surface area contributed by atoms with E-state index in [9.17, 15) is 9.18 Å². The van der Waals surface area contributed by atoms with E-state index in [2.05, 4.69) is 5.32 Å². The van der Waals surface area contributed by atoms with Gasteiger partial charge in [0.15, 0.2) is 0 Å². The van der Waals surface area contributed by atoms with Crippen molar-refractivity contribution in [1.29, 1.82) is 0 Å². The van der Waals surface area contributed by atoms with Crippen molar-refractivity contribution in [3.05, 3.63) is 35.6 Å². The Balaban J connectivity index is 0.00000361. The molecule has 1 amide bonds. The average molecular weight is 304 g/mol. The zero-order valence-corrected chi connectivity index (χ0v) is 13.0. The first-order chi connectivity index (χ1) is 9.04. The summed E-state index contributed by atoms with van der Waals surface area (Å²) in [5.74, 6) is -0.290. The Morgan fingerprint density at radius 1 is 1.25 bits per heavy atom. The largest absolute Gasteiger partial charge is 0.336 e. The maximum Gasteiger partial charge on any atom is 0.236 e. The lowest BCUT2D eigenvalue weighted by molar-refractivity contribution is -0.130. The third-order valence-electron chi connectivity index (χ3n) is 2.82. The second-order valence-electron chi connectivity index (χ2n) is 4.74. The number of likely N-dealkylation sites (N-methyl/N-ethyl adjacent to an activating group) is 2. The van der Waals surface area contributed by atoms with Crippen molar-refractivity contribution in [3.8, 4) is 0 Å². The van der Waals surface area contributed by atoms with Crippen molar-refractivity contribution in [2.75, 3.05) is 40.8 Å². The fraction of sp³-hybridized carbons (Fsp3) is 0.500. The molecule has 0 radical (unpaired) electrons. The summed E-state index contributed by atoms with van der Waals surface area (Å²) in [5, 5.41) is 2.84. The quantitative estimate of drug-likeness (QED) is 0.826. The van der Waals surface area contributed by atoms with E-state index in [4.69, 9.17) is 0 Å². The third kappa shape index (κ3) is 6.32. The smallest absolute Gasteiger partial charge is 0.236 e. The molecule has 1 aromatic carbocycles. The Morgan fingerprint density at radius 2 is 1.90 bits per heavy atom. The summed E-state index contributed by atoms with van der Waals surface area (Å²) in [4.78, 5) is 15.7. The van der Waals surface area contributed by atoms with Gasteiger partial charge in [-0.3, -0.25) is 4.79 Å². The van der Waals surface area contributed by atoms with Crippen LogP contribution in [0.4, 0.5) is 4.39 Å². The number of nitrogens with one attached hydrogen (secondary N) is 1. The van der Waals surface area contributed by atoms with E-state index in [0.717, 1.165) is 6.54 Å². The molecule has 114 valence electrons. The van der Waals surface area contributed by atoms with Gasteiger partial charge in [0.05, 0.1) is 6.54 Å². The molecule has 0 atom stereocenters. The Morgan fingerprint density at radius 3 is 2.45 bits per heavy atom. The monoisotopic (exact) mass is 303 g/mol. The zero-order chi connectivity index (χ0) is 14.3. The maximum atomic E-state index is 13.6. The van der Waals surface area contributed by atoms with Crippen molar-refractivity contribution >= 4 is 18.3 Å². The van der Waals surface area contributed by atoms with Gasteiger partial charge in [-0.25, -0.2) is 4.39 Å². The van der Waals surface area contributed by atoms with Gasteiger partial charge in [0.1, 0.15) is 5.82 Å². The molecule has 0 bridgehead atoms. The number of benzene rings is 1. The number of halogens is 2. The molecule has 0 saturated heterocycles. The van der Waals surface area contributed by atoms with Crippen molar-refractivity contribution in [1.82, 2.24) is 15.1 Å². The van der Waals surface area contributed by atoms with Gasteiger partial charge >= 0.3 is 0 Å². The van der Waals surface area contributed by atoms with Crippen molar-refractivity contribution < 1.29 is 9.18 Å². The predicted molar refractivity (Wildman–Crippen MR) is 81.5 cm³/mol. The predicted octanol–water partition coefficient (Wildman–Crippen LogP) is 1.36. The van der Waals surface area contributed by atoms with Gasteiger partial charge in [-0.05, 0) is 27.2 Å². The summed E-state index contributed by atoms with van der Waals surface area (Å²) in [5.41, 5.74) is 0.547. The first-order valence-electron chi connectivity index (χ1n) is 6.35. The first-order valence-corrected chi connectivity index (χ1v) is 6.35. The van der Waals surface area contributed by atoms with Crippen molar-refractivity contribution in [2.24, 2.45) is 0 Å². The molecule has 20 heavy (non-hydrogen) atoms. The molecule has 1 rings (SSSR count). The third-order valence-corrected chi connectivity index (χ3v) is 2.82. The van der Waals surface area contributed by atoms with Crippen LogP contribution in [0.15, 0.2) is 24.3 Å². The standard InChI is InChI=1S/C14H22FN3O.ClH/c1-16-10-14(19)18(9-8-17(2)3)11-12-6-4-5-7-13(12)15;/h4-7,16H,8-11H2,1-3H3;1H. The maximum absolute atomic E-state index is 13.6. The van der Waals surface area contributed by atoms with Gasteiger partial charge in [-0.1, -0.05) is 18.2 Å². The molecule has 1 aromatic rings. The van der Waals surface area contributed by atoms with E-state index in [0.29, 0.717) is 18.7 Å². The van der Waals surface area contributed by atoms with Crippen LogP contribution < -0.4 is 5.32 Å². The lowest BCUT2D eigenvalue weighted by Gasteiger charge is -2.24. The minimum Gasteiger partial charge on any atom is -0.336 e. The fourth-order valence-corrected chi connectivity index (χ4v) is 1.71. The average Bonchev–Trinajstić information content (AvgIpc) is 2.36. The molecule has 0 aliphatic heterocycles. The van der Waals surface area contributed by atoms with E-state index in [1.165, 1.54) is 6.07 Å². The lowest BCUT2D eigenvalue weighted by Crippen LogP contribution is -2.40. The Labute approximate surface area is 126 Å². The molecule has 0 spiro atoms. The normalized spacial score (nSPS) is 10.2. The van der Waals surface area contributed by atoms with Crippen LogP contribution >= 0.6 is 12.4 Å². The molecule has 4 nitrogen and oxygen atoms in total. The molecule has 0 aliphatic carbocycles. The second-order valence-corrected chi connectivity index (χ2v) is 4.74. The van der Waals surface area contributed by atoms with Gasteiger partial charge in [0.2, 0.25) is 5.91 Å². The molecule has 0 unspecified atom stereocenters. The highest BCUT2D eigenvalue weighted by Crippen LogP contribution is 2.10. The molecular formula is C14H23ClFN3O. The highest BCUT2D eigenvalue weighted by atomic mass is 35.5. The minimum atomic E-state index is -0.269. The number of rotatable bonds is 7. The zero-order valence-electron chi connectivity index (χ0n) is 12.2. The molecule has 0 saturated carbocycles. The number of hydrogen-bond donors (Lipinski definition) is 1. The summed E-state index contributed by atoms with van der Waals surface area (Å²) in [6, 6.07) is 6.57. The first kappa shape index (κ1) is 18.8. The van der Waals surface area contributed by atoms with Crippen LogP contribution in [0.1, 0.15) is 5.56 Å². The molecule has 0 heterocycles. The molecule has 0 fully saturated rings. The van der Waals surface area contributed by atoms with Crippen LogP contribution in [0.2, 0.25) is 0 Å². The topological polar surface area (TPSA) is 35.6 Å². The van der Waals surface area contributed by atoms with E-state index < -0.39 is 0 Å². The van der Waals surface area contributed by atoms with Crippen LogP contribution in [0.5, 0.6) is 0 Å². The number of amides is 1. The highest BCUT2D eigenvalue weighted by molar-refractivity contribution is 5.85. The molecule has 6 heteroatoms. The van der Waals surface area contributed by atoms with Gasteiger partial charge in [-0.2, -0.15) is 0 Å². The van der Waals surface area contributed by atoms with Crippen LogP contribution in [-0.4, -0.2) is 56.5 Å². The Bertz CT molecular complexity index is 415. The number of hydrogen-bond acceptors (Lipinski definition) is 3. The summed E-state index contributed by atoms with van der Waals surface area (Å²) in [6.45, 7) is 1.91. The van der Waals surface area contributed by atoms with E-state index >= 15 is 0 Å². The van der Waals surface area contributed by atoms with Gasteiger partial charge < -0.3 is 15.1 Å². The van der Waals surface area contributed by atoms with Crippen LogP contribution in [0.3, 0.4) is 0 Å². The fourth-order valence-electron chi connectivity index (χ4n) is 1.71. The van der Waals surface area contributed by atoms with Crippen LogP contribution in [0, 0.1) is 5.82 Å². The van der Waals surface area contributed by atoms with E-state index in [1.807, 2.05) is 19.0 Å². The van der Waals surface area contributed by atoms with Crippen molar-refractivity contribution in [2.45, 2.75) is 6.54 Å². The van der Waals surface area contributed by atoms with Crippen LogP contribution in [-0.2, 0) is 11.3 Å². The van der Waals surface area contributed by atoms with Crippen molar-refractivity contribution in [3.63, 3.8) is 0 Å². The highest BCUT2D eigenvalue weighted by Gasteiger charge is 2.15. The number of nitrogens with zero attached hydrogens (tertiary/aromatic N) is 2. The molecule has 1 N–H and O–H groups in total.